The maximum Gasteiger partial charge on any atom is 0.0678 e. The van der Waals surface area contributed by atoms with Crippen molar-refractivity contribution in [3.05, 3.63) is 22.4 Å². The number of hydrogen-bond donors (Lipinski definition) is 0. The van der Waals surface area contributed by atoms with E-state index in [2.05, 4.69) is 31.4 Å². The van der Waals surface area contributed by atoms with Crippen molar-refractivity contribution < 1.29 is 0 Å². The lowest BCUT2D eigenvalue weighted by Gasteiger charge is -2.08. The van der Waals surface area contributed by atoms with Crippen molar-refractivity contribution in [3.8, 4) is 0 Å². The fourth-order valence-electron chi connectivity index (χ4n) is 1.09. The summed E-state index contributed by atoms with van der Waals surface area (Å²) in [6.07, 6.45) is 2.31. The Labute approximate surface area is 83.6 Å². The highest BCUT2D eigenvalue weighted by Crippen LogP contribution is 2.30. The summed E-state index contributed by atoms with van der Waals surface area (Å²) in [5.41, 5.74) is 0. The Balaban J connectivity index is 2.34. The molecule has 0 radical (unpaired) electrons. The van der Waals surface area contributed by atoms with Gasteiger partial charge in [-0.1, -0.05) is 19.9 Å². The summed E-state index contributed by atoms with van der Waals surface area (Å²) in [6, 6.07) is 4.17. The minimum Gasteiger partial charge on any atom is -0.147 e. The maximum absolute atomic E-state index is 6.20. The van der Waals surface area contributed by atoms with E-state index in [0.717, 1.165) is 12.3 Å². The third-order valence-electron chi connectivity index (χ3n) is 1.85. The molecule has 2 heteroatoms. The van der Waals surface area contributed by atoms with Gasteiger partial charge in [-0.2, -0.15) is 0 Å². The first-order chi connectivity index (χ1) is 5.70. The summed E-state index contributed by atoms with van der Waals surface area (Å²) < 4.78 is 0. The lowest BCUT2D eigenvalue weighted by Crippen LogP contribution is -1.92. The van der Waals surface area contributed by atoms with E-state index in [-0.39, 0.29) is 5.38 Å². The largest absolute Gasteiger partial charge is 0.147 e. The molecule has 0 aliphatic heterocycles. The fourth-order valence-corrected chi connectivity index (χ4v) is 2.18. The van der Waals surface area contributed by atoms with Gasteiger partial charge in [-0.05, 0) is 30.2 Å². The van der Waals surface area contributed by atoms with Crippen LogP contribution in [0.1, 0.15) is 36.9 Å². The zero-order valence-electron chi connectivity index (χ0n) is 7.59. The van der Waals surface area contributed by atoms with Crippen LogP contribution in [0.5, 0.6) is 0 Å². The van der Waals surface area contributed by atoms with Crippen LogP contribution in [0, 0.1) is 5.92 Å². The third-order valence-corrected chi connectivity index (χ3v) is 3.42. The van der Waals surface area contributed by atoms with E-state index >= 15 is 0 Å². The van der Waals surface area contributed by atoms with Gasteiger partial charge in [0.05, 0.1) is 5.38 Å². The zero-order valence-corrected chi connectivity index (χ0v) is 9.16. The molecule has 12 heavy (non-hydrogen) atoms. The van der Waals surface area contributed by atoms with Crippen LogP contribution in [0.15, 0.2) is 17.5 Å². The van der Waals surface area contributed by atoms with Crippen molar-refractivity contribution in [2.45, 2.75) is 32.1 Å². The van der Waals surface area contributed by atoms with Crippen LogP contribution >= 0.6 is 22.9 Å². The molecule has 0 bridgehead atoms. The molecule has 0 amide bonds. The molecule has 0 saturated heterocycles. The first-order valence-corrected chi connectivity index (χ1v) is 5.69. The monoisotopic (exact) mass is 202 g/mol. The summed E-state index contributed by atoms with van der Waals surface area (Å²) in [5.74, 6) is 0.756. The number of alkyl halides is 1. The highest BCUT2D eigenvalue weighted by molar-refractivity contribution is 7.10. The fraction of sp³-hybridized carbons (Fsp3) is 0.600. The molecule has 0 N–H and O–H groups in total. The van der Waals surface area contributed by atoms with Crippen LogP contribution < -0.4 is 0 Å². The molecule has 0 aliphatic rings. The topological polar surface area (TPSA) is 0 Å². The average Bonchev–Trinajstić information content (AvgIpc) is 2.51. The van der Waals surface area contributed by atoms with E-state index in [1.54, 1.807) is 11.3 Å². The summed E-state index contributed by atoms with van der Waals surface area (Å²) in [5, 5.41) is 2.31. The quantitative estimate of drug-likeness (QED) is 0.633. The lowest BCUT2D eigenvalue weighted by molar-refractivity contribution is 0.551. The number of rotatable bonds is 4. The molecule has 1 aromatic rings. The summed E-state index contributed by atoms with van der Waals surface area (Å²) in [6.45, 7) is 4.47. The molecule has 1 heterocycles. The van der Waals surface area contributed by atoms with Crippen LogP contribution in [0.25, 0.3) is 0 Å². The van der Waals surface area contributed by atoms with E-state index in [1.807, 2.05) is 0 Å². The van der Waals surface area contributed by atoms with Crippen LogP contribution in [-0.4, -0.2) is 0 Å². The molecular formula is C10H15ClS. The maximum atomic E-state index is 6.20. The van der Waals surface area contributed by atoms with Crippen LogP contribution in [-0.2, 0) is 0 Å². The van der Waals surface area contributed by atoms with Gasteiger partial charge in [0, 0.05) is 4.88 Å². The summed E-state index contributed by atoms with van der Waals surface area (Å²) in [7, 11) is 0. The van der Waals surface area contributed by atoms with Gasteiger partial charge in [0.2, 0.25) is 0 Å². The van der Waals surface area contributed by atoms with Gasteiger partial charge in [-0.3, -0.25) is 0 Å². The van der Waals surface area contributed by atoms with Crippen molar-refractivity contribution in [2.24, 2.45) is 5.92 Å². The van der Waals surface area contributed by atoms with Gasteiger partial charge in [0.1, 0.15) is 0 Å². The minimum atomic E-state index is 0.229. The first-order valence-electron chi connectivity index (χ1n) is 4.37. The molecule has 0 spiro atoms. The second kappa shape index (κ2) is 4.88. The summed E-state index contributed by atoms with van der Waals surface area (Å²) >= 11 is 7.95. The Morgan fingerprint density at radius 2 is 2.17 bits per heavy atom. The van der Waals surface area contributed by atoms with Gasteiger partial charge < -0.3 is 0 Å². The van der Waals surface area contributed by atoms with E-state index in [0.29, 0.717) is 0 Å². The molecule has 1 atom stereocenters. The predicted molar refractivity (Wildman–Crippen MR) is 57.0 cm³/mol. The molecule has 1 unspecified atom stereocenters. The highest BCUT2D eigenvalue weighted by atomic mass is 35.5. The Kier molecular flexibility index (Phi) is 4.10. The third kappa shape index (κ3) is 3.16. The first kappa shape index (κ1) is 10.1. The van der Waals surface area contributed by atoms with Crippen molar-refractivity contribution in [1.82, 2.24) is 0 Å². The molecule has 68 valence electrons. The Morgan fingerprint density at radius 3 is 2.67 bits per heavy atom. The van der Waals surface area contributed by atoms with Crippen molar-refractivity contribution in [2.75, 3.05) is 0 Å². The van der Waals surface area contributed by atoms with Crippen LogP contribution in [0.2, 0.25) is 0 Å². The molecular weight excluding hydrogens is 188 g/mol. The van der Waals surface area contributed by atoms with E-state index in [4.69, 9.17) is 11.6 Å². The lowest BCUT2D eigenvalue weighted by atomic mass is 10.1. The minimum absolute atomic E-state index is 0.229. The molecule has 0 aromatic carbocycles. The van der Waals surface area contributed by atoms with E-state index in [9.17, 15) is 0 Å². The van der Waals surface area contributed by atoms with Gasteiger partial charge in [0.15, 0.2) is 0 Å². The normalized spacial score (nSPS) is 13.7. The van der Waals surface area contributed by atoms with E-state index in [1.165, 1.54) is 11.3 Å². The Hall–Kier alpha value is -0.0100. The van der Waals surface area contributed by atoms with Gasteiger partial charge in [-0.15, -0.1) is 22.9 Å². The van der Waals surface area contributed by atoms with E-state index < -0.39 is 0 Å². The number of halogens is 1. The molecule has 0 saturated carbocycles. The SMILES string of the molecule is CC(C)CCC(Cl)c1cccs1. The standard InChI is InChI=1S/C10H15ClS/c1-8(2)5-6-9(11)10-4-3-7-12-10/h3-4,7-9H,5-6H2,1-2H3. The molecule has 0 aliphatic carbocycles. The highest BCUT2D eigenvalue weighted by Gasteiger charge is 2.08. The zero-order chi connectivity index (χ0) is 8.97. The molecule has 0 nitrogen and oxygen atoms in total. The second-order valence-corrected chi connectivity index (χ2v) is 4.96. The van der Waals surface area contributed by atoms with Crippen molar-refractivity contribution in [1.29, 1.82) is 0 Å². The van der Waals surface area contributed by atoms with Gasteiger partial charge in [-0.25, -0.2) is 0 Å². The number of thiophene rings is 1. The van der Waals surface area contributed by atoms with Crippen LogP contribution in [0.4, 0.5) is 0 Å². The second-order valence-electron chi connectivity index (χ2n) is 3.45. The van der Waals surface area contributed by atoms with Crippen molar-refractivity contribution in [3.63, 3.8) is 0 Å². The Morgan fingerprint density at radius 1 is 1.42 bits per heavy atom. The molecule has 1 aromatic heterocycles. The predicted octanol–water partition coefficient (Wildman–Crippen LogP) is 4.46. The van der Waals surface area contributed by atoms with Gasteiger partial charge in [0.25, 0.3) is 0 Å². The van der Waals surface area contributed by atoms with Crippen LogP contribution in [0.3, 0.4) is 0 Å². The molecule has 1 rings (SSSR count). The van der Waals surface area contributed by atoms with Gasteiger partial charge >= 0.3 is 0 Å². The van der Waals surface area contributed by atoms with Crippen molar-refractivity contribution >= 4 is 22.9 Å². The Bertz CT molecular complexity index is 204. The average molecular weight is 203 g/mol. The summed E-state index contributed by atoms with van der Waals surface area (Å²) in [4.78, 5) is 1.30. The molecule has 0 fully saturated rings. The number of hydrogen-bond acceptors (Lipinski definition) is 1. The smallest absolute Gasteiger partial charge is 0.0678 e.